The van der Waals surface area contributed by atoms with Gasteiger partial charge in [-0.1, -0.05) is 44.2 Å². The van der Waals surface area contributed by atoms with Crippen molar-refractivity contribution in [1.82, 2.24) is 5.32 Å². The van der Waals surface area contributed by atoms with E-state index in [1.54, 1.807) is 6.07 Å². The number of aliphatic hydroxyl groups excluding tert-OH is 1. The van der Waals surface area contributed by atoms with Crippen molar-refractivity contribution in [3.05, 3.63) is 65.2 Å². The van der Waals surface area contributed by atoms with E-state index in [4.69, 9.17) is 4.74 Å². The van der Waals surface area contributed by atoms with Gasteiger partial charge in [0, 0.05) is 12.6 Å². The summed E-state index contributed by atoms with van der Waals surface area (Å²) in [5, 5.41) is 22.7. The summed E-state index contributed by atoms with van der Waals surface area (Å²) in [6, 6.07) is 14.5. The number of hydrogen-bond donors (Lipinski definition) is 3. The Balaban J connectivity index is 2.16. The van der Waals surface area contributed by atoms with Gasteiger partial charge in [0.25, 0.3) is 0 Å². The zero-order chi connectivity index (χ0) is 17.5. The van der Waals surface area contributed by atoms with E-state index in [0.717, 1.165) is 5.56 Å². The second kappa shape index (κ2) is 8.47. The molecular weight excluding hydrogens is 306 g/mol. The van der Waals surface area contributed by atoms with Crippen LogP contribution in [0.25, 0.3) is 0 Å². The van der Waals surface area contributed by atoms with E-state index < -0.39 is 12.1 Å². The fraction of sp³-hybridized carbons (Fsp3) is 0.316. The molecule has 0 aliphatic carbocycles. The first kappa shape index (κ1) is 18.0. The topological polar surface area (TPSA) is 78.8 Å². The number of rotatable bonds is 8. The molecule has 3 N–H and O–H groups in total. The number of nitrogens with one attached hydrogen (secondary N) is 1. The third kappa shape index (κ3) is 5.37. The predicted octanol–water partition coefficient (Wildman–Crippen LogP) is 3.00. The van der Waals surface area contributed by atoms with E-state index in [2.05, 4.69) is 5.32 Å². The van der Waals surface area contributed by atoms with Crippen LogP contribution in [0.2, 0.25) is 0 Å². The Morgan fingerprint density at radius 2 is 1.88 bits per heavy atom. The van der Waals surface area contributed by atoms with Gasteiger partial charge in [0.05, 0.1) is 11.7 Å². The van der Waals surface area contributed by atoms with Crippen molar-refractivity contribution in [3.8, 4) is 5.75 Å². The summed E-state index contributed by atoms with van der Waals surface area (Å²) in [6.45, 7) is 4.64. The van der Waals surface area contributed by atoms with Gasteiger partial charge in [-0.2, -0.15) is 0 Å². The number of ether oxygens (including phenoxy) is 1. The van der Waals surface area contributed by atoms with Gasteiger partial charge in [0.2, 0.25) is 0 Å². The molecule has 0 aromatic heterocycles. The Morgan fingerprint density at radius 3 is 2.50 bits per heavy atom. The molecule has 24 heavy (non-hydrogen) atoms. The average molecular weight is 329 g/mol. The summed E-state index contributed by atoms with van der Waals surface area (Å²) in [7, 11) is 0. The molecule has 0 saturated heterocycles. The molecule has 0 aliphatic heterocycles. The fourth-order valence-electron chi connectivity index (χ4n) is 2.23. The smallest absolute Gasteiger partial charge is 0.335 e. The van der Waals surface area contributed by atoms with Gasteiger partial charge in [-0.15, -0.1) is 0 Å². The molecule has 1 atom stereocenters. The molecule has 128 valence electrons. The van der Waals surface area contributed by atoms with Gasteiger partial charge in [0.1, 0.15) is 12.4 Å². The van der Waals surface area contributed by atoms with Crippen molar-refractivity contribution < 1.29 is 19.7 Å². The lowest BCUT2D eigenvalue weighted by atomic mass is 10.0. The van der Waals surface area contributed by atoms with Gasteiger partial charge in [-0.25, -0.2) is 4.79 Å². The molecule has 5 heteroatoms. The molecule has 2 rings (SSSR count). The number of hydrogen-bond acceptors (Lipinski definition) is 4. The minimum Gasteiger partial charge on any atom is -0.489 e. The molecule has 0 bridgehead atoms. The Morgan fingerprint density at radius 1 is 1.17 bits per heavy atom. The van der Waals surface area contributed by atoms with Crippen LogP contribution >= 0.6 is 0 Å². The Hall–Kier alpha value is -2.37. The van der Waals surface area contributed by atoms with Crippen molar-refractivity contribution >= 4 is 5.97 Å². The van der Waals surface area contributed by atoms with E-state index in [9.17, 15) is 15.0 Å². The molecule has 0 amide bonds. The number of benzene rings is 2. The highest BCUT2D eigenvalue weighted by atomic mass is 16.5. The summed E-state index contributed by atoms with van der Waals surface area (Å²) in [5.41, 5.74) is 1.60. The predicted molar refractivity (Wildman–Crippen MR) is 92.3 cm³/mol. The molecule has 0 spiro atoms. The fourth-order valence-corrected chi connectivity index (χ4v) is 2.23. The first-order chi connectivity index (χ1) is 11.5. The van der Waals surface area contributed by atoms with Crippen LogP contribution in [0.15, 0.2) is 48.5 Å². The van der Waals surface area contributed by atoms with E-state index in [0.29, 0.717) is 24.5 Å². The SMILES string of the molecule is CC(C)NCC(O)c1cc(OCc2ccccc2)cc(C(=O)O)c1. The summed E-state index contributed by atoms with van der Waals surface area (Å²) >= 11 is 0. The van der Waals surface area contributed by atoms with Crippen molar-refractivity contribution in [3.63, 3.8) is 0 Å². The van der Waals surface area contributed by atoms with Crippen LogP contribution in [0.5, 0.6) is 5.75 Å². The normalized spacial score (nSPS) is 12.2. The van der Waals surface area contributed by atoms with Crippen LogP contribution in [0.4, 0.5) is 0 Å². The quantitative estimate of drug-likeness (QED) is 0.694. The van der Waals surface area contributed by atoms with Crippen LogP contribution in [0.3, 0.4) is 0 Å². The third-order valence-corrected chi connectivity index (χ3v) is 3.53. The maximum Gasteiger partial charge on any atom is 0.335 e. The lowest BCUT2D eigenvalue weighted by molar-refractivity contribution is 0.0696. The zero-order valence-corrected chi connectivity index (χ0v) is 13.9. The Bertz CT molecular complexity index is 670. The number of carboxylic acids is 1. The van der Waals surface area contributed by atoms with E-state index in [-0.39, 0.29) is 11.6 Å². The monoisotopic (exact) mass is 329 g/mol. The van der Waals surface area contributed by atoms with E-state index >= 15 is 0 Å². The molecule has 0 heterocycles. The Labute approximate surface area is 141 Å². The molecule has 1 unspecified atom stereocenters. The van der Waals surface area contributed by atoms with Crippen molar-refractivity contribution in [2.45, 2.75) is 32.6 Å². The Kier molecular flexibility index (Phi) is 6.35. The van der Waals surface area contributed by atoms with Gasteiger partial charge < -0.3 is 20.3 Å². The first-order valence-corrected chi connectivity index (χ1v) is 7.92. The maximum atomic E-state index is 11.3. The summed E-state index contributed by atoms with van der Waals surface area (Å²) in [4.78, 5) is 11.3. The largest absolute Gasteiger partial charge is 0.489 e. The van der Waals surface area contributed by atoms with E-state index in [1.165, 1.54) is 12.1 Å². The zero-order valence-electron chi connectivity index (χ0n) is 13.9. The number of carboxylic acid groups (broad SMARTS) is 1. The van der Waals surface area contributed by atoms with Gasteiger partial charge in [-0.3, -0.25) is 0 Å². The highest BCUT2D eigenvalue weighted by Crippen LogP contribution is 2.23. The molecule has 0 radical (unpaired) electrons. The van der Waals surface area contributed by atoms with Crippen molar-refractivity contribution in [1.29, 1.82) is 0 Å². The summed E-state index contributed by atoms with van der Waals surface area (Å²) in [6.07, 6.45) is -0.800. The molecule has 2 aromatic rings. The van der Waals surface area contributed by atoms with Crippen molar-refractivity contribution in [2.75, 3.05) is 6.54 Å². The van der Waals surface area contributed by atoms with Gasteiger partial charge in [0.15, 0.2) is 0 Å². The second-order valence-corrected chi connectivity index (χ2v) is 5.95. The van der Waals surface area contributed by atoms with Crippen LogP contribution < -0.4 is 10.1 Å². The number of carbonyl (C=O) groups is 1. The average Bonchev–Trinajstić information content (AvgIpc) is 2.58. The van der Waals surface area contributed by atoms with Crippen LogP contribution in [-0.2, 0) is 6.61 Å². The number of aromatic carboxylic acids is 1. The van der Waals surface area contributed by atoms with Gasteiger partial charge >= 0.3 is 5.97 Å². The van der Waals surface area contributed by atoms with Crippen LogP contribution in [-0.4, -0.2) is 28.8 Å². The second-order valence-electron chi connectivity index (χ2n) is 5.95. The highest BCUT2D eigenvalue weighted by Gasteiger charge is 2.14. The minimum absolute atomic E-state index is 0.0964. The lowest BCUT2D eigenvalue weighted by Crippen LogP contribution is -2.28. The standard InChI is InChI=1S/C19H23NO4/c1-13(2)20-11-18(21)15-8-16(19(22)23)10-17(9-15)24-12-14-6-4-3-5-7-14/h3-10,13,18,20-21H,11-12H2,1-2H3,(H,22,23). The number of aliphatic hydroxyl groups is 1. The third-order valence-electron chi connectivity index (χ3n) is 3.53. The molecule has 0 saturated carbocycles. The van der Waals surface area contributed by atoms with Crippen LogP contribution in [0, 0.1) is 0 Å². The minimum atomic E-state index is -1.05. The summed E-state index contributed by atoms with van der Waals surface area (Å²) in [5.74, 6) is -0.622. The summed E-state index contributed by atoms with van der Waals surface area (Å²) < 4.78 is 5.70. The van der Waals surface area contributed by atoms with E-state index in [1.807, 2.05) is 44.2 Å². The molecule has 0 aliphatic rings. The maximum absolute atomic E-state index is 11.3. The molecule has 2 aromatic carbocycles. The van der Waals surface area contributed by atoms with Crippen LogP contribution in [0.1, 0.15) is 41.4 Å². The molecule has 0 fully saturated rings. The lowest BCUT2D eigenvalue weighted by Gasteiger charge is -2.16. The highest BCUT2D eigenvalue weighted by molar-refractivity contribution is 5.88. The molecular formula is C19H23NO4. The first-order valence-electron chi connectivity index (χ1n) is 7.92. The molecule has 5 nitrogen and oxygen atoms in total. The van der Waals surface area contributed by atoms with Gasteiger partial charge in [-0.05, 0) is 29.3 Å². The van der Waals surface area contributed by atoms with Crippen molar-refractivity contribution in [2.24, 2.45) is 0 Å².